The van der Waals surface area contributed by atoms with E-state index in [0.29, 0.717) is 19.0 Å². The number of anilines is 1. The van der Waals surface area contributed by atoms with Crippen LogP contribution in [0.1, 0.15) is 36.4 Å². The van der Waals surface area contributed by atoms with E-state index in [1.807, 2.05) is 54.3 Å². The third kappa shape index (κ3) is 3.74. The van der Waals surface area contributed by atoms with Gasteiger partial charge in [0.2, 0.25) is 11.8 Å². The summed E-state index contributed by atoms with van der Waals surface area (Å²) in [5.41, 5.74) is 3.24. The van der Waals surface area contributed by atoms with Gasteiger partial charge in [0.1, 0.15) is 0 Å². The van der Waals surface area contributed by atoms with E-state index in [9.17, 15) is 9.59 Å². The minimum absolute atomic E-state index is 0.0464. The second-order valence-electron chi connectivity index (χ2n) is 8.93. The highest BCUT2D eigenvalue weighted by molar-refractivity contribution is 6.00. The van der Waals surface area contributed by atoms with Crippen molar-refractivity contribution in [2.45, 2.75) is 38.3 Å². The predicted molar refractivity (Wildman–Crippen MR) is 117 cm³/mol. The molecule has 0 bridgehead atoms. The predicted octanol–water partition coefficient (Wildman–Crippen LogP) is 3.40. The molecule has 5 heteroatoms. The molecule has 0 spiro atoms. The van der Waals surface area contributed by atoms with Gasteiger partial charge in [-0.2, -0.15) is 0 Å². The Labute approximate surface area is 178 Å². The normalized spacial score (nSPS) is 25.0. The van der Waals surface area contributed by atoms with Crippen molar-refractivity contribution in [2.75, 3.05) is 31.1 Å². The van der Waals surface area contributed by atoms with Crippen molar-refractivity contribution < 1.29 is 9.59 Å². The summed E-state index contributed by atoms with van der Waals surface area (Å²) in [6, 6.07) is 19.1. The van der Waals surface area contributed by atoms with Crippen molar-refractivity contribution in [3.63, 3.8) is 0 Å². The summed E-state index contributed by atoms with van der Waals surface area (Å²) in [7, 11) is 0. The Morgan fingerprint density at radius 3 is 2.37 bits per heavy atom. The molecule has 2 aromatic carbocycles. The van der Waals surface area contributed by atoms with Crippen LogP contribution in [0, 0.1) is 12.8 Å². The number of rotatable bonds is 4. The van der Waals surface area contributed by atoms with E-state index >= 15 is 0 Å². The van der Waals surface area contributed by atoms with Crippen LogP contribution in [0.5, 0.6) is 0 Å². The Morgan fingerprint density at radius 1 is 0.933 bits per heavy atom. The maximum absolute atomic E-state index is 13.6. The summed E-state index contributed by atoms with van der Waals surface area (Å²) in [5, 5.41) is 0. The van der Waals surface area contributed by atoms with Crippen molar-refractivity contribution in [2.24, 2.45) is 5.92 Å². The summed E-state index contributed by atoms with van der Waals surface area (Å²) in [5.74, 6) is -0.0927. The fourth-order valence-electron chi connectivity index (χ4n) is 4.88. The molecule has 0 aromatic heterocycles. The molecular formula is C25H29N3O2. The van der Waals surface area contributed by atoms with Crippen LogP contribution in [0.25, 0.3) is 0 Å². The van der Waals surface area contributed by atoms with Crippen LogP contribution in [-0.2, 0) is 9.59 Å². The van der Waals surface area contributed by atoms with E-state index in [4.69, 9.17) is 0 Å². The molecule has 2 aliphatic heterocycles. The first-order chi connectivity index (χ1) is 14.6. The van der Waals surface area contributed by atoms with Gasteiger partial charge in [-0.25, -0.2) is 0 Å². The number of piperazine rings is 1. The number of benzene rings is 2. The average Bonchev–Trinajstić information content (AvgIpc) is 3.56. The van der Waals surface area contributed by atoms with Gasteiger partial charge < -0.3 is 9.80 Å². The number of hydrogen-bond donors (Lipinski definition) is 0. The third-order valence-electron chi connectivity index (χ3n) is 6.76. The van der Waals surface area contributed by atoms with Crippen molar-refractivity contribution in [1.82, 2.24) is 9.80 Å². The molecule has 2 atom stereocenters. The van der Waals surface area contributed by atoms with Crippen molar-refractivity contribution in [1.29, 1.82) is 0 Å². The Balaban J connectivity index is 1.35. The summed E-state index contributed by atoms with van der Waals surface area (Å²) in [4.78, 5) is 32.7. The fourth-order valence-corrected chi connectivity index (χ4v) is 4.88. The summed E-state index contributed by atoms with van der Waals surface area (Å²) >= 11 is 0. The van der Waals surface area contributed by atoms with Crippen LogP contribution in [0.4, 0.5) is 5.69 Å². The van der Waals surface area contributed by atoms with E-state index in [-0.39, 0.29) is 23.8 Å². The Bertz CT molecular complexity index is 923. The molecule has 3 fully saturated rings. The zero-order valence-corrected chi connectivity index (χ0v) is 17.5. The second kappa shape index (κ2) is 7.88. The highest BCUT2D eigenvalue weighted by atomic mass is 16.2. The Kier molecular flexibility index (Phi) is 5.07. The molecule has 0 N–H and O–H groups in total. The number of nitrogens with zero attached hydrogens (tertiary/aromatic N) is 3. The SMILES string of the molecule is Cc1ccc(N2CC(C(=O)N3CCN(C4CC4)CC3c3ccccc3)CC2=O)cc1. The van der Waals surface area contributed by atoms with Crippen LogP contribution in [0.15, 0.2) is 54.6 Å². The lowest BCUT2D eigenvalue weighted by molar-refractivity contribution is -0.141. The minimum Gasteiger partial charge on any atom is -0.333 e. The van der Waals surface area contributed by atoms with E-state index in [1.54, 1.807) is 4.90 Å². The van der Waals surface area contributed by atoms with Crippen LogP contribution < -0.4 is 4.90 Å². The van der Waals surface area contributed by atoms with E-state index in [0.717, 1.165) is 30.9 Å². The van der Waals surface area contributed by atoms with Crippen molar-refractivity contribution in [3.8, 4) is 0 Å². The largest absolute Gasteiger partial charge is 0.333 e. The summed E-state index contributed by atoms with van der Waals surface area (Å²) in [6.07, 6.45) is 2.85. The fraction of sp³-hybridized carbons (Fsp3) is 0.440. The average molecular weight is 404 g/mol. The molecule has 2 unspecified atom stereocenters. The number of aryl methyl sites for hydroxylation is 1. The molecule has 2 amide bonds. The van der Waals surface area contributed by atoms with Gasteiger partial charge in [-0.1, -0.05) is 48.0 Å². The lowest BCUT2D eigenvalue weighted by atomic mass is 9.98. The first-order valence-electron chi connectivity index (χ1n) is 11.1. The maximum atomic E-state index is 13.6. The monoisotopic (exact) mass is 403 g/mol. The molecular weight excluding hydrogens is 374 g/mol. The van der Waals surface area contributed by atoms with Crippen molar-refractivity contribution in [3.05, 3.63) is 65.7 Å². The Hall–Kier alpha value is -2.66. The van der Waals surface area contributed by atoms with Gasteiger partial charge in [-0.3, -0.25) is 14.5 Å². The van der Waals surface area contributed by atoms with Crippen LogP contribution in [0.3, 0.4) is 0 Å². The summed E-state index contributed by atoms with van der Waals surface area (Å²) in [6.45, 7) is 5.08. The first-order valence-corrected chi connectivity index (χ1v) is 11.1. The van der Waals surface area contributed by atoms with Gasteiger partial charge in [0, 0.05) is 44.3 Å². The third-order valence-corrected chi connectivity index (χ3v) is 6.76. The standard InChI is InChI=1S/C25H29N3O2/c1-18-7-9-22(10-8-18)28-16-20(15-24(28)29)25(30)27-14-13-26(21-11-12-21)17-23(27)19-5-3-2-4-6-19/h2-10,20-21,23H,11-17H2,1H3. The van der Waals surface area contributed by atoms with Gasteiger partial charge in [-0.05, 0) is 37.5 Å². The van der Waals surface area contributed by atoms with Crippen LogP contribution >= 0.6 is 0 Å². The van der Waals surface area contributed by atoms with Gasteiger partial charge in [0.05, 0.1) is 12.0 Å². The van der Waals surface area contributed by atoms with Crippen LogP contribution in [-0.4, -0.2) is 53.8 Å². The maximum Gasteiger partial charge on any atom is 0.228 e. The first kappa shape index (κ1) is 19.3. The van der Waals surface area contributed by atoms with Crippen molar-refractivity contribution >= 4 is 17.5 Å². The number of carbonyl (C=O) groups excluding carboxylic acids is 2. The van der Waals surface area contributed by atoms with Crippen LogP contribution in [0.2, 0.25) is 0 Å². The zero-order chi connectivity index (χ0) is 20.7. The molecule has 5 nitrogen and oxygen atoms in total. The molecule has 2 saturated heterocycles. The molecule has 1 aliphatic carbocycles. The van der Waals surface area contributed by atoms with Gasteiger partial charge in [0.25, 0.3) is 0 Å². The van der Waals surface area contributed by atoms with Gasteiger partial charge in [-0.15, -0.1) is 0 Å². The molecule has 5 rings (SSSR count). The minimum atomic E-state index is -0.266. The topological polar surface area (TPSA) is 43.9 Å². The molecule has 30 heavy (non-hydrogen) atoms. The molecule has 1 saturated carbocycles. The van der Waals surface area contributed by atoms with Gasteiger partial charge >= 0.3 is 0 Å². The highest BCUT2D eigenvalue weighted by Gasteiger charge is 2.42. The van der Waals surface area contributed by atoms with E-state index < -0.39 is 0 Å². The summed E-state index contributed by atoms with van der Waals surface area (Å²) < 4.78 is 0. The van der Waals surface area contributed by atoms with Gasteiger partial charge in [0.15, 0.2) is 0 Å². The van der Waals surface area contributed by atoms with E-state index in [1.165, 1.54) is 18.4 Å². The second-order valence-corrected chi connectivity index (χ2v) is 8.93. The number of carbonyl (C=O) groups is 2. The molecule has 2 heterocycles. The Morgan fingerprint density at radius 2 is 1.67 bits per heavy atom. The molecule has 2 aromatic rings. The number of amides is 2. The highest BCUT2D eigenvalue weighted by Crippen LogP contribution is 2.35. The lowest BCUT2D eigenvalue weighted by Gasteiger charge is -2.43. The van der Waals surface area contributed by atoms with E-state index in [2.05, 4.69) is 17.0 Å². The lowest BCUT2D eigenvalue weighted by Crippen LogP contribution is -2.52. The smallest absolute Gasteiger partial charge is 0.228 e. The molecule has 3 aliphatic rings. The molecule has 156 valence electrons. The zero-order valence-electron chi connectivity index (χ0n) is 17.5. The molecule has 0 radical (unpaired) electrons. The quantitative estimate of drug-likeness (QED) is 0.786. The number of hydrogen-bond acceptors (Lipinski definition) is 3.